The number of amides is 3. The van der Waals surface area contributed by atoms with Crippen LogP contribution in [0.25, 0.3) is 0 Å². The van der Waals surface area contributed by atoms with Crippen LogP contribution in [0.3, 0.4) is 0 Å². The molecule has 3 amide bonds. The van der Waals surface area contributed by atoms with Crippen LogP contribution in [0.15, 0.2) is 46.9 Å². The van der Waals surface area contributed by atoms with Gasteiger partial charge in [0.2, 0.25) is 11.8 Å². The molecule has 4 rings (SSSR count). The van der Waals surface area contributed by atoms with E-state index in [0.717, 1.165) is 11.4 Å². The second-order valence-corrected chi connectivity index (χ2v) is 8.49. The lowest BCUT2D eigenvalue weighted by Gasteiger charge is -2.36. The topological polar surface area (TPSA) is 86.1 Å². The Bertz CT molecular complexity index is 942. The molecule has 170 valence electrons. The van der Waals surface area contributed by atoms with Gasteiger partial charge < -0.3 is 19.5 Å². The van der Waals surface area contributed by atoms with Crippen LogP contribution in [-0.2, 0) is 9.59 Å². The largest absolute Gasteiger partial charge is 0.456 e. The molecule has 2 aliphatic rings. The number of para-hydroxylation sites is 1. The van der Waals surface area contributed by atoms with Crippen molar-refractivity contribution in [1.82, 2.24) is 14.7 Å². The molecule has 0 aliphatic carbocycles. The van der Waals surface area contributed by atoms with Crippen molar-refractivity contribution in [2.24, 2.45) is 5.92 Å². The number of benzene rings is 1. The Balaban J connectivity index is 1.18. The van der Waals surface area contributed by atoms with Crippen LogP contribution in [0.4, 0.5) is 5.69 Å². The second kappa shape index (κ2) is 9.99. The number of piperidine rings is 1. The fourth-order valence-electron chi connectivity index (χ4n) is 4.26. The van der Waals surface area contributed by atoms with E-state index in [4.69, 9.17) is 4.42 Å². The van der Waals surface area contributed by atoms with Crippen molar-refractivity contribution in [3.8, 4) is 0 Å². The highest BCUT2D eigenvalue weighted by atomic mass is 16.3. The lowest BCUT2D eigenvalue weighted by atomic mass is 9.95. The summed E-state index contributed by atoms with van der Waals surface area (Å²) in [7, 11) is 0. The van der Waals surface area contributed by atoms with Gasteiger partial charge in [0, 0.05) is 50.9 Å². The highest BCUT2D eigenvalue weighted by Crippen LogP contribution is 2.20. The summed E-state index contributed by atoms with van der Waals surface area (Å²) < 4.78 is 5.43. The molecule has 0 bridgehead atoms. The SMILES string of the molecule is Cc1ccc(C(=O)N2CCN(CC(=O)N3CCC(C(=O)Nc4ccccc4)CC3)CC2)o1. The molecular formula is C24H30N4O4. The zero-order valence-electron chi connectivity index (χ0n) is 18.5. The van der Waals surface area contributed by atoms with Gasteiger partial charge in [-0.05, 0) is 44.0 Å². The van der Waals surface area contributed by atoms with Gasteiger partial charge in [0.05, 0.1) is 6.54 Å². The van der Waals surface area contributed by atoms with Gasteiger partial charge in [-0.2, -0.15) is 0 Å². The normalized spacial score (nSPS) is 17.9. The summed E-state index contributed by atoms with van der Waals surface area (Å²) in [6, 6.07) is 12.9. The Morgan fingerprint density at radius 1 is 0.906 bits per heavy atom. The maximum absolute atomic E-state index is 12.8. The van der Waals surface area contributed by atoms with Gasteiger partial charge in [-0.15, -0.1) is 0 Å². The lowest BCUT2D eigenvalue weighted by Crippen LogP contribution is -2.52. The molecule has 2 aliphatic heterocycles. The Morgan fingerprint density at radius 3 is 2.22 bits per heavy atom. The first kappa shape index (κ1) is 22.1. The van der Waals surface area contributed by atoms with Gasteiger partial charge in [0.15, 0.2) is 5.76 Å². The van der Waals surface area contributed by atoms with Crippen molar-refractivity contribution in [1.29, 1.82) is 0 Å². The first-order valence-corrected chi connectivity index (χ1v) is 11.2. The van der Waals surface area contributed by atoms with E-state index < -0.39 is 0 Å². The fraction of sp³-hybridized carbons (Fsp3) is 0.458. The van der Waals surface area contributed by atoms with E-state index in [2.05, 4.69) is 10.2 Å². The molecule has 8 nitrogen and oxygen atoms in total. The molecule has 2 saturated heterocycles. The predicted molar refractivity (Wildman–Crippen MR) is 120 cm³/mol. The van der Waals surface area contributed by atoms with Crippen molar-refractivity contribution in [3.63, 3.8) is 0 Å². The first-order valence-electron chi connectivity index (χ1n) is 11.2. The minimum atomic E-state index is -0.0973. The molecular weight excluding hydrogens is 408 g/mol. The number of hydrogen-bond donors (Lipinski definition) is 1. The fourth-order valence-corrected chi connectivity index (χ4v) is 4.26. The van der Waals surface area contributed by atoms with Crippen molar-refractivity contribution in [3.05, 3.63) is 54.0 Å². The van der Waals surface area contributed by atoms with Crippen LogP contribution in [0.1, 0.15) is 29.2 Å². The number of nitrogens with zero attached hydrogens (tertiary/aromatic N) is 3. The molecule has 0 radical (unpaired) electrons. The number of aryl methyl sites for hydroxylation is 1. The zero-order chi connectivity index (χ0) is 22.5. The Kier molecular flexibility index (Phi) is 6.90. The van der Waals surface area contributed by atoms with Gasteiger partial charge in [0.1, 0.15) is 5.76 Å². The molecule has 8 heteroatoms. The van der Waals surface area contributed by atoms with Gasteiger partial charge in [-0.3, -0.25) is 19.3 Å². The van der Waals surface area contributed by atoms with Crippen LogP contribution in [0, 0.1) is 12.8 Å². The molecule has 3 heterocycles. The third-order valence-electron chi connectivity index (χ3n) is 6.23. The van der Waals surface area contributed by atoms with Crippen molar-refractivity contribution >= 4 is 23.4 Å². The van der Waals surface area contributed by atoms with E-state index in [-0.39, 0.29) is 23.6 Å². The standard InChI is InChI=1S/C24H30N4O4/c1-18-7-8-21(32-18)24(31)28-15-13-26(14-16-28)17-22(29)27-11-9-19(10-12-27)23(30)25-20-5-3-2-4-6-20/h2-8,19H,9-17H2,1H3,(H,25,30). The number of hydrogen-bond acceptors (Lipinski definition) is 5. The molecule has 1 aromatic heterocycles. The van der Waals surface area contributed by atoms with E-state index in [1.807, 2.05) is 42.2 Å². The van der Waals surface area contributed by atoms with Crippen molar-refractivity contribution in [2.75, 3.05) is 51.1 Å². The minimum Gasteiger partial charge on any atom is -0.456 e. The van der Waals surface area contributed by atoms with Gasteiger partial charge in [-0.25, -0.2) is 0 Å². The average Bonchev–Trinajstić information content (AvgIpc) is 3.26. The van der Waals surface area contributed by atoms with E-state index in [0.29, 0.717) is 64.4 Å². The summed E-state index contributed by atoms with van der Waals surface area (Å²) in [4.78, 5) is 43.5. The Labute approximate surface area is 188 Å². The van der Waals surface area contributed by atoms with Crippen LogP contribution >= 0.6 is 0 Å². The van der Waals surface area contributed by atoms with E-state index in [1.165, 1.54) is 0 Å². The molecule has 2 aromatic rings. The molecule has 0 saturated carbocycles. The van der Waals surface area contributed by atoms with Gasteiger partial charge in [-0.1, -0.05) is 18.2 Å². The summed E-state index contributed by atoms with van der Waals surface area (Å²) in [6.07, 6.45) is 1.35. The number of piperazine rings is 1. The van der Waals surface area contributed by atoms with Crippen LogP contribution < -0.4 is 5.32 Å². The summed E-state index contributed by atoms with van der Waals surface area (Å²) >= 11 is 0. The molecule has 32 heavy (non-hydrogen) atoms. The summed E-state index contributed by atoms with van der Waals surface area (Å²) in [6.45, 7) is 5.84. The number of nitrogens with one attached hydrogen (secondary N) is 1. The van der Waals surface area contributed by atoms with Gasteiger partial charge in [0.25, 0.3) is 5.91 Å². The van der Waals surface area contributed by atoms with Gasteiger partial charge >= 0.3 is 0 Å². The first-order chi connectivity index (χ1) is 15.5. The molecule has 0 unspecified atom stereocenters. The van der Waals surface area contributed by atoms with Crippen LogP contribution in [-0.4, -0.2) is 78.2 Å². The maximum Gasteiger partial charge on any atom is 0.289 e. The molecule has 0 atom stereocenters. The Morgan fingerprint density at radius 2 is 1.59 bits per heavy atom. The minimum absolute atomic E-state index is 0.0239. The number of rotatable bonds is 5. The summed E-state index contributed by atoms with van der Waals surface area (Å²) in [5.41, 5.74) is 0.802. The monoisotopic (exact) mass is 438 g/mol. The number of carbonyl (C=O) groups is 3. The number of anilines is 1. The van der Waals surface area contributed by atoms with Crippen molar-refractivity contribution in [2.45, 2.75) is 19.8 Å². The van der Waals surface area contributed by atoms with E-state index >= 15 is 0 Å². The summed E-state index contributed by atoms with van der Waals surface area (Å²) in [5, 5.41) is 2.96. The molecule has 0 spiro atoms. The summed E-state index contributed by atoms with van der Waals surface area (Å²) in [5.74, 6) is 1.04. The smallest absolute Gasteiger partial charge is 0.289 e. The Hall–Kier alpha value is -3.13. The van der Waals surface area contributed by atoms with Crippen molar-refractivity contribution < 1.29 is 18.8 Å². The second-order valence-electron chi connectivity index (χ2n) is 8.49. The average molecular weight is 439 g/mol. The number of likely N-dealkylation sites (tertiary alicyclic amines) is 1. The third-order valence-corrected chi connectivity index (χ3v) is 6.23. The lowest BCUT2D eigenvalue weighted by molar-refractivity contribution is -0.135. The number of furan rings is 1. The molecule has 1 N–H and O–H groups in total. The highest BCUT2D eigenvalue weighted by Gasteiger charge is 2.30. The third kappa shape index (κ3) is 5.37. The molecule has 1 aromatic carbocycles. The quantitative estimate of drug-likeness (QED) is 0.774. The van der Waals surface area contributed by atoms with Crippen LogP contribution in [0.2, 0.25) is 0 Å². The predicted octanol–water partition coefficient (Wildman–Crippen LogP) is 2.22. The molecule has 2 fully saturated rings. The van der Waals surface area contributed by atoms with E-state index in [9.17, 15) is 14.4 Å². The highest BCUT2D eigenvalue weighted by molar-refractivity contribution is 5.93. The maximum atomic E-state index is 12.8. The number of carbonyl (C=O) groups excluding carboxylic acids is 3. The van der Waals surface area contributed by atoms with Crippen LogP contribution in [0.5, 0.6) is 0 Å². The zero-order valence-corrected chi connectivity index (χ0v) is 18.5. The van der Waals surface area contributed by atoms with E-state index in [1.54, 1.807) is 17.0 Å².